The van der Waals surface area contributed by atoms with E-state index < -0.39 is 0 Å². The highest BCUT2D eigenvalue weighted by molar-refractivity contribution is 9.10. The Morgan fingerprint density at radius 2 is 2.29 bits per heavy atom. The quantitative estimate of drug-likeness (QED) is 0.817. The van der Waals surface area contributed by atoms with E-state index >= 15 is 0 Å². The second kappa shape index (κ2) is 5.93. The van der Waals surface area contributed by atoms with Crippen molar-refractivity contribution in [2.24, 2.45) is 5.92 Å². The molecule has 1 saturated heterocycles. The van der Waals surface area contributed by atoms with Crippen molar-refractivity contribution in [3.63, 3.8) is 0 Å². The molecule has 0 bridgehead atoms. The summed E-state index contributed by atoms with van der Waals surface area (Å²) in [6.07, 6.45) is 2.39. The number of ketones is 1. The monoisotopic (exact) mass is 355 g/mol. The molecule has 2 heterocycles. The summed E-state index contributed by atoms with van der Waals surface area (Å²) in [7, 11) is 0. The molecule has 2 fully saturated rings. The molecule has 2 aliphatic rings. The summed E-state index contributed by atoms with van der Waals surface area (Å²) in [4.78, 5) is 26.6. The summed E-state index contributed by atoms with van der Waals surface area (Å²) in [6.45, 7) is 3.26. The fourth-order valence-electron chi connectivity index (χ4n) is 3.27. The molecule has 0 spiro atoms. The lowest BCUT2D eigenvalue weighted by Gasteiger charge is -2.38. The Morgan fingerprint density at radius 1 is 1.48 bits per heavy atom. The third kappa shape index (κ3) is 2.79. The standard InChI is InChI=1S/C15H18BrNO4/c1-9-11(7-14(16)21-9)15(19)17-5-6-20-8-12(17)10-3-2-4-13(10)18/h7,10,12H,2-6,8H2,1H3. The molecule has 1 aromatic heterocycles. The molecule has 21 heavy (non-hydrogen) atoms. The van der Waals surface area contributed by atoms with Crippen LogP contribution in [0.2, 0.25) is 0 Å². The number of amides is 1. The Labute approximate surface area is 131 Å². The van der Waals surface area contributed by atoms with Crippen LogP contribution in [0.4, 0.5) is 0 Å². The van der Waals surface area contributed by atoms with Gasteiger partial charge in [-0.2, -0.15) is 0 Å². The van der Waals surface area contributed by atoms with Crippen LogP contribution in [0.15, 0.2) is 15.2 Å². The Morgan fingerprint density at radius 3 is 2.90 bits per heavy atom. The summed E-state index contributed by atoms with van der Waals surface area (Å²) in [5, 5.41) is 0. The number of carbonyl (C=O) groups is 2. The van der Waals surface area contributed by atoms with Crippen LogP contribution in [0.3, 0.4) is 0 Å². The minimum atomic E-state index is -0.144. The molecule has 1 aliphatic carbocycles. The van der Waals surface area contributed by atoms with Gasteiger partial charge in [-0.05, 0) is 35.7 Å². The lowest BCUT2D eigenvalue weighted by molar-refractivity contribution is -0.124. The second-order valence-electron chi connectivity index (χ2n) is 5.63. The third-order valence-corrected chi connectivity index (χ3v) is 4.75. The highest BCUT2D eigenvalue weighted by Crippen LogP contribution is 2.31. The van der Waals surface area contributed by atoms with Gasteiger partial charge >= 0.3 is 0 Å². The van der Waals surface area contributed by atoms with Gasteiger partial charge in [-0.25, -0.2) is 0 Å². The molecular formula is C15H18BrNO4. The first-order valence-corrected chi connectivity index (χ1v) is 8.04. The first-order valence-electron chi connectivity index (χ1n) is 7.25. The molecule has 0 N–H and O–H groups in total. The zero-order valence-electron chi connectivity index (χ0n) is 11.9. The smallest absolute Gasteiger partial charge is 0.257 e. The van der Waals surface area contributed by atoms with Crippen LogP contribution in [-0.2, 0) is 9.53 Å². The van der Waals surface area contributed by atoms with Gasteiger partial charge < -0.3 is 14.1 Å². The summed E-state index contributed by atoms with van der Waals surface area (Å²) in [5.41, 5.74) is 0.555. The van der Waals surface area contributed by atoms with Crippen LogP contribution in [0, 0.1) is 12.8 Å². The fraction of sp³-hybridized carbons (Fsp3) is 0.600. The van der Waals surface area contributed by atoms with E-state index in [0.29, 0.717) is 42.2 Å². The third-order valence-electron chi connectivity index (χ3n) is 4.36. The van der Waals surface area contributed by atoms with Gasteiger partial charge in [-0.3, -0.25) is 9.59 Å². The van der Waals surface area contributed by atoms with E-state index in [1.54, 1.807) is 17.9 Å². The number of hydrogen-bond donors (Lipinski definition) is 0. The predicted octanol–water partition coefficient (Wildman–Crippen LogP) is 2.56. The fourth-order valence-corrected chi connectivity index (χ4v) is 3.74. The van der Waals surface area contributed by atoms with E-state index in [-0.39, 0.29) is 23.7 Å². The average molecular weight is 356 g/mol. The number of hydrogen-bond acceptors (Lipinski definition) is 4. The minimum absolute atomic E-state index is 0.0741. The van der Waals surface area contributed by atoms with Gasteiger partial charge in [0.25, 0.3) is 5.91 Å². The van der Waals surface area contributed by atoms with Crippen LogP contribution in [0.25, 0.3) is 0 Å². The van der Waals surface area contributed by atoms with Crippen molar-refractivity contribution in [3.8, 4) is 0 Å². The number of aryl methyl sites for hydroxylation is 1. The molecule has 0 radical (unpaired) electrons. The lowest BCUT2D eigenvalue weighted by atomic mass is 9.94. The van der Waals surface area contributed by atoms with Crippen molar-refractivity contribution in [2.75, 3.05) is 19.8 Å². The zero-order chi connectivity index (χ0) is 15.0. The molecular weight excluding hydrogens is 338 g/mol. The first-order chi connectivity index (χ1) is 10.1. The molecule has 1 saturated carbocycles. The number of morpholine rings is 1. The molecule has 114 valence electrons. The van der Waals surface area contributed by atoms with Crippen LogP contribution in [-0.4, -0.2) is 42.4 Å². The summed E-state index contributed by atoms with van der Waals surface area (Å²) in [5.74, 6) is 0.697. The average Bonchev–Trinajstić information content (AvgIpc) is 3.03. The molecule has 0 aromatic carbocycles. The zero-order valence-corrected chi connectivity index (χ0v) is 13.5. The van der Waals surface area contributed by atoms with E-state index in [4.69, 9.17) is 9.15 Å². The normalized spacial score (nSPS) is 26.4. The Hall–Kier alpha value is -1.14. The minimum Gasteiger partial charge on any atom is -0.454 e. The largest absolute Gasteiger partial charge is 0.454 e. The SMILES string of the molecule is Cc1oc(Br)cc1C(=O)N1CCOCC1C1CCCC1=O. The van der Waals surface area contributed by atoms with Crippen molar-refractivity contribution in [1.82, 2.24) is 4.90 Å². The van der Waals surface area contributed by atoms with Crippen molar-refractivity contribution >= 4 is 27.6 Å². The Balaban J connectivity index is 1.85. The predicted molar refractivity (Wildman–Crippen MR) is 79.1 cm³/mol. The van der Waals surface area contributed by atoms with Gasteiger partial charge in [-0.15, -0.1) is 0 Å². The summed E-state index contributed by atoms with van der Waals surface area (Å²) < 4.78 is 11.4. The second-order valence-corrected chi connectivity index (χ2v) is 6.41. The number of rotatable bonds is 2. The van der Waals surface area contributed by atoms with Gasteiger partial charge in [0.2, 0.25) is 0 Å². The highest BCUT2D eigenvalue weighted by atomic mass is 79.9. The van der Waals surface area contributed by atoms with E-state index in [1.807, 2.05) is 0 Å². The number of carbonyl (C=O) groups excluding carboxylic acids is 2. The van der Waals surface area contributed by atoms with Crippen LogP contribution in [0.1, 0.15) is 35.4 Å². The van der Waals surface area contributed by atoms with Crippen molar-refractivity contribution in [2.45, 2.75) is 32.2 Å². The molecule has 1 aromatic rings. The first kappa shape index (κ1) is 14.8. The summed E-state index contributed by atoms with van der Waals surface area (Å²) in [6, 6.07) is 1.55. The van der Waals surface area contributed by atoms with E-state index in [2.05, 4.69) is 15.9 Å². The van der Waals surface area contributed by atoms with Crippen molar-refractivity contribution in [1.29, 1.82) is 0 Å². The molecule has 2 unspecified atom stereocenters. The molecule has 3 rings (SSSR count). The van der Waals surface area contributed by atoms with Crippen LogP contribution >= 0.6 is 15.9 Å². The number of halogens is 1. The van der Waals surface area contributed by atoms with E-state index in [0.717, 1.165) is 12.8 Å². The van der Waals surface area contributed by atoms with Crippen molar-refractivity contribution < 1.29 is 18.7 Å². The molecule has 1 aliphatic heterocycles. The van der Waals surface area contributed by atoms with E-state index in [1.165, 1.54) is 0 Å². The Bertz CT molecular complexity index is 568. The maximum Gasteiger partial charge on any atom is 0.257 e. The van der Waals surface area contributed by atoms with Crippen LogP contribution < -0.4 is 0 Å². The number of Topliss-reactive ketones (excluding diaryl/α,β-unsaturated/α-hetero) is 1. The number of nitrogens with zero attached hydrogens (tertiary/aromatic N) is 1. The Kier molecular flexibility index (Phi) is 4.17. The van der Waals surface area contributed by atoms with Gasteiger partial charge in [0.05, 0.1) is 24.8 Å². The maximum atomic E-state index is 12.8. The van der Waals surface area contributed by atoms with Gasteiger partial charge in [-0.1, -0.05) is 0 Å². The molecule has 6 heteroatoms. The van der Waals surface area contributed by atoms with Gasteiger partial charge in [0.15, 0.2) is 4.67 Å². The van der Waals surface area contributed by atoms with Crippen molar-refractivity contribution in [3.05, 3.63) is 22.1 Å². The lowest BCUT2D eigenvalue weighted by Crippen LogP contribution is -2.53. The highest BCUT2D eigenvalue weighted by Gasteiger charge is 2.40. The van der Waals surface area contributed by atoms with Crippen LogP contribution in [0.5, 0.6) is 0 Å². The van der Waals surface area contributed by atoms with Gasteiger partial charge in [0, 0.05) is 24.9 Å². The summed E-state index contributed by atoms with van der Waals surface area (Å²) >= 11 is 3.25. The van der Waals surface area contributed by atoms with E-state index in [9.17, 15) is 9.59 Å². The number of ether oxygens (including phenoxy) is 1. The molecule has 1 amide bonds. The van der Waals surface area contributed by atoms with Gasteiger partial charge in [0.1, 0.15) is 11.5 Å². The topological polar surface area (TPSA) is 59.8 Å². The maximum absolute atomic E-state index is 12.8. The molecule has 2 atom stereocenters. The number of furan rings is 1. The molecule has 5 nitrogen and oxygen atoms in total.